The van der Waals surface area contributed by atoms with Crippen molar-refractivity contribution in [2.75, 3.05) is 24.3 Å². The Labute approximate surface area is 100 Å². The summed E-state index contributed by atoms with van der Waals surface area (Å²) in [4.78, 5) is 2.06. The van der Waals surface area contributed by atoms with Crippen molar-refractivity contribution >= 4 is 11.4 Å². The number of nitrogens with zero attached hydrogens (tertiary/aromatic N) is 3. The molecule has 0 saturated carbocycles. The molecule has 90 valence electrons. The topological polar surface area (TPSA) is 54.2 Å². The van der Waals surface area contributed by atoms with E-state index in [2.05, 4.69) is 26.5 Å². The number of hydrogen-bond donors (Lipinski definition) is 1. The molecule has 1 heterocycles. The molecule has 0 unspecified atom stereocenters. The van der Waals surface area contributed by atoms with Crippen molar-refractivity contribution in [2.24, 2.45) is 0 Å². The lowest BCUT2D eigenvalue weighted by molar-refractivity contribution is 0.475. The number of para-hydroxylation sites is 2. The van der Waals surface area contributed by atoms with Gasteiger partial charge in [0.05, 0.1) is 17.9 Å². The van der Waals surface area contributed by atoms with E-state index < -0.39 is 0 Å². The zero-order chi connectivity index (χ0) is 12.3. The second-order valence-corrected chi connectivity index (χ2v) is 3.98. The molecule has 1 aromatic heterocycles. The monoisotopic (exact) mass is 232 g/mol. The van der Waals surface area contributed by atoms with Gasteiger partial charge in [-0.2, -0.15) is 0 Å². The molecule has 1 N–H and O–H groups in total. The highest BCUT2D eigenvalue weighted by Gasteiger charge is 2.05. The molecule has 2 rings (SSSR count). The quantitative estimate of drug-likeness (QED) is 0.874. The predicted molar refractivity (Wildman–Crippen MR) is 67.1 cm³/mol. The number of rotatable bonds is 4. The van der Waals surface area contributed by atoms with Crippen LogP contribution in [-0.4, -0.2) is 24.3 Å². The van der Waals surface area contributed by atoms with E-state index >= 15 is 0 Å². The lowest BCUT2D eigenvalue weighted by Crippen LogP contribution is -2.12. The van der Waals surface area contributed by atoms with E-state index in [0.717, 1.165) is 11.4 Å². The molecule has 0 radical (unpaired) electrons. The van der Waals surface area contributed by atoms with Gasteiger partial charge in [-0.05, 0) is 12.1 Å². The maximum Gasteiger partial charge on any atom is 0.235 e. The van der Waals surface area contributed by atoms with E-state index in [0.29, 0.717) is 18.3 Å². The third-order valence-corrected chi connectivity index (χ3v) is 2.38. The van der Waals surface area contributed by atoms with Crippen LogP contribution in [0.25, 0.3) is 0 Å². The van der Waals surface area contributed by atoms with E-state index in [1.165, 1.54) is 0 Å². The van der Waals surface area contributed by atoms with Gasteiger partial charge in [0.2, 0.25) is 11.8 Å². The normalized spacial score (nSPS) is 10.3. The first-order valence-corrected chi connectivity index (χ1v) is 5.46. The standard InChI is InChI=1S/C12H16N4O/c1-9-14-15-12(17-9)8-13-10-6-4-5-7-11(10)16(2)3/h4-7,13H,8H2,1-3H3. The fraction of sp³-hybridized carbons (Fsp3) is 0.333. The van der Waals surface area contributed by atoms with Gasteiger partial charge in [0.25, 0.3) is 0 Å². The Morgan fingerprint density at radius 1 is 1.24 bits per heavy atom. The molecule has 0 aliphatic heterocycles. The van der Waals surface area contributed by atoms with Gasteiger partial charge in [-0.1, -0.05) is 12.1 Å². The first kappa shape index (κ1) is 11.4. The molecule has 17 heavy (non-hydrogen) atoms. The molecule has 0 atom stereocenters. The lowest BCUT2D eigenvalue weighted by atomic mass is 10.2. The average molecular weight is 232 g/mol. The van der Waals surface area contributed by atoms with Crippen LogP contribution in [0.2, 0.25) is 0 Å². The summed E-state index contributed by atoms with van der Waals surface area (Å²) in [6, 6.07) is 8.09. The Morgan fingerprint density at radius 2 is 2.00 bits per heavy atom. The van der Waals surface area contributed by atoms with Gasteiger partial charge in [-0.15, -0.1) is 10.2 Å². The zero-order valence-corrected chi connectivity index (χ0v) is 10.3. The maximum absolute atomic E-state index is 5.31. The van der Waals surface area contributed by atoms with Crippen molar-refractivity contribution in [1.82, 2.24) is 10.2 Å². The van der Waals surface area contributed by atoms with Crippen molar-refractivity contribution in [2.45, 2.75) is 13.5 Å². The van der Waals surface area contributed by atoms with E-state index in [9.17, 15) is 0 Å². The molecular formula is C12H16N4O. The summed E-state index contributed by atoms with van der Waals surface area (Å²) in [6.45, 7) is 2.32. The van der Waals surface area contributed by atoms with E-state index in [1.807, 2.05) is 32.3 Å². The van der Waals surface area contributed by atoms with Gasteiger partial charge in [-0.3, -0.25) is 0 Å². The Hall–Kier alpha value is -2.04. The van der Waals surface area contributed by atoms with Gasteiger partial charge >= 0.3 is 0 Å². The molecule has 2 aromatic rings. The predicted octanol–water partition coefficient (Wildman–Crippen LogP) is 2.06. The van der Waals surface area contributed by atoms with Crippen LogP contribution in [0.3, 0.4) is 0 Å². The number of benzene rings is 1. The fourth-order valence-corrected chi connectivity index (χ4v) is 1.59. The molecule has 0 aliphatic carbocycles. The summed E-state index contributed by atoms with van der Waals surface area (Å²) in [6.07, 6.45) is 0. The highest BCUT2D eigenvalue weighted by molar-refractivity contribution is 5.69. The van der Waals surface area contributed by atoms with Crippen molar-refractivity contribution in [1.29, 1.82) is 0 Å². The fourth-order valence-electron chi connectivity index (χ4n) is 1.59. The molecule has 0 amide bonds. The largest absolute Gasteiger partial charge is 0.424 e. The van der Waals surface area contributed by atoms with Crippen LogP contribution in [-0.2, 0) is 6.54 Å². The summed E-state index contributed by atoms with van der Waals surface area (Å²) >= 11 is 0. The summed E-state index contributed by atoms with van der Waals surface area (Å²) in [5.41, 5.74) is 2.18. The maximum atomic E-state index is 5.31. The molecule has 0 saturated heterocycles. The van der Waals surface area contributed by atoms with Gasteiger partial charge in [0.1, 0.15) is 0 Å². The molecule has 0 spiro atoms. The zero-order valence-electron chi connectivity index (χ0n) is 10.3. The molecule has 0 aliphatic rings. The number of nitrogens with one attached hydrogen (secondary N) is 1. The summed E-state index contributed by atoms with van der Waals surface area (Å²) in [7, 11) is 4.02. The second kappa shape index (κ2) is 4.86. The SMILES string of the molecule is Cc1nnc(CNc2ccccc2N(C)C)o1. The third kappa shape index (κ3) is 2.75. The minimum absolute atomic E-state index is 0.533. The Morgan fingerprint density at radius 3 is 2.65 bits per heavy atom. The second-order valence-electron chi connectivity index (χ2n) is 3.98. The molecule has 0 bridgehead atoms. The average Bonchev–Trinajstić information content (AvgIpc) is 2.73. The lowest BCUT2D eigenvalue weighted by Gasteiger charge is -2.17. The van der Waals surface area contributed by atoms with Crippen LogP contribution >= 0.6 is 0 Å². The molecule has 5 nitrogen and oxygen atoms in total. The van der Waals surface area contributed by atoms with Crippen molar-refractivity contribution in [3.05, 3.63) is 36.0 Å². The van der Waals surface area contributed by atoms with Crippen LogP contribution < -0.4 is 10.2 Å². The summed E-state index contributed by atoms with van der Waals surface area (Å²) in [5.74, 6) is 1.18. The Kier molecular flexibility index (Phi) is 3.27. The number of aryl methyl sites for hydroxylation is 1. The number of hydrogen-bond acceptors (Lipinski definition) is 5. The molecule has 5 heteroatoms. The van der Waals surface area contributed by atoms with Crippen LogP contribution in [0.4, 0.5) is 11.4 Å². The minimum Gasteiger partial charge on any atom is -0.424 e. The van der Waals surface area contributed by atoms with E-state index in [1.54, 1.807) is 6.92 Å². The van der Waals surface area contributed by atoms with E-state index in [4.69, 9.17) is 4.42 Å². The number of aromatic nitrogens is 2. The Bertz CT molecular complexity index is 493. The van der Waals surface area contributed by atoms with Crippen molar-refractivity contribution in [3.8, 4) is 0 Å². The smallest absolute Gasteiger partial charge is 0.235 e. The van der Waals surface area contributed by atoms with Crippen LogP contribution in [0.5, 0.6) is 0 Å². The van der Waals surface area contributed by atoms with Gasteiger partial charge in [0, 0.05) is 21.0 Å². The van der Waals surface area contributed by atoms with Gasteiger partial charge in [0.15, 0.2) is 0 Å². The van der Waals surface area contributed by atoms with Crippen molar-refractivity contribution < 1.29 is 4.42 Å². The summed E-state index contributed by atoms with van der Waals surface area (Å²) in [5, 5.41) is 11.0. The Balaban J connectivity index is 2.08. The van der Waals surface area contributed by atoms with Gasteiger partial charge < -0.3 is 14.6 Å². The first-order valence-electron chi connectivity index (χ1n) is 5.46. The highest BCUT2D eigenvalue weighted by Crippen LogP contribution is 2.23. The minimum atomic E-state index is 0.533. The third-order valence-electron chi connectivity index (χ3n) is 2.38. The van der Waals surface area contributed by atoms with Crippen LogP contribution in [0, 0.1) is 6.92 Å². The highest BCUT2D eigenvalue weighted by atomic mass is 16.4. The van der Waals surface area contributed by atoms with Crippen LogP contribution in [0.1, 0.15) is 11.8 Å². The van der Waals surface area contributed by atoms with Crippen LogP contribution in [0.15, 0.2) is 28.7 Å². The first-order chi connectivity index (χ1) is 8.16. The van der Waals surface area contributed by atoms with Crippen molar-refractivity contribution in [3.63, 3.8) is 0 Å². The molecule has 1 aromatic carbocycles. The van der Waals surface area contributed by atoms with Gasteiger partial charge in [-0.25, -0.2) is 0 Å². The van der Waals surface area contributed by atoms with E-state index in [-0.39, 0.29) is 0 Å². The number of anilines is 2. The molecular weight excluding hydrogens is 216 g/mol. The summed E-state index contributed by atoms with van der Waals surface area (Å²) < 4.78 is 5.31. The molecule has 0 fully saturated rings.